The largest absolute Gasteiger partial charge is 0.457 e. The predicted molar refractivity (Wildman–Crippen MR) is 127 cm³/mol. The summed E-state index contributed by atoms with van der Waals surface area (Å²) < 4.78 is 5.86. The third-order valence-electron chi connectivity index (χ3n) is 5.79. The van der Waals surface area contributed by atoms with Crippen molar-refractivity contribution in [3.8, 4) is 17.3 Å². The van der Waals surface area contributed by atoms with Gasteiger partial charge >= 0.3 is 6.01 Å². The number of nitrogens with one attached hydrogen (secondary N) is 1. The Balaban J connectivity index is 1.47. The number of benzene rings is 2. The van der Waals surface area contributed by atoms with Gasteiger partial charge in [-0.25, -0.2) is 4.98 Å². The lowest BCUT2D eigenvalue weighted by molar-refractivity contribution is 0.0950. The molecule has 1 saturated carbocycles. The molecule has 0 aliphatic heterocycles. The summed E-state index contributed by atoms with van der Waals surface area (Å²) in [6, 6.07) is 15.4. The van der Waals surface area contributed by atoms with E-state index < -0.39 is 5.91 Å². The van der Waals surface area contributed by atoms with Crippen LogP contribution in [0.5, 0.6) is 6.01 Å². The molecule has 1 fully saturated rings. The van der Waals surface area contributed by atoms with Gasteiger partial charge in [0.1, 0.15) is 6.61 Å². The van der Waals surface area contributed by atoms with Gasteiger partial charge in [-0.1, -0.05) is 30.3 Å². The Labute approximate surface area is 196 Å². The van der Waals surface area contributed by atoms with Crippen LogP contribution in [0, 0.1) is 6.92 Å². The minimum atomic E-state index is -0.662. The maximum atomic E-state index is 12.6. The Morgan fingerprint density at radius 1 is 1.12 bits per heavy atom. The number of nitrogens with two attached hydrogens (primary N) is 1. The van der Waals surface area contributed by atoms with Crippen molar-refractivity contribution in [1.29, 1.82) is 0 Å². The Hall–Kier alpha value is -4.33. The Bertz CT molecular complexity index is 1410. The summed E-state index contributed by atoms with van der Waals surface area (Å²) in [4.78, 5) is 37.8. The van der Waals surface area contributed by atoms with E-state index in [1.54, 1.807) is 18.3 Å². The topological polar surface area (TPSA) is 120 Å². The highest BCUT2D eigenvalue weighted by Crippen LogP contribution is 2.28. The maximum absolute atomic E-state index is 12.6. The summed E-state index contributed by atoms with van der Waals surface area (Å²) in [5, 5.41) is 5.01. The molecule has 2 amide bonds. The number of aromatic nitrogens is 3. The van der Waals surface area contributed by atoms with Gasteiger partial charge in [-0.3, -0.25) is 14.6 Å². The summed E-state index contributed by atoms with van der Waals surface area (Å²) in [6.07, 6.45) is 5.07. The lowest BCUT2D eigenvalue weighted by Gasteiger charge is -2.13. The zero-order chi connectivity index (χ0) is 23.7. The Morgan fingerprint density at radius 3 is 2.74 bits per heavy atom. The summed E-state index contributed by atoms with van der Waals surface area (Å²) in [7, 11) is 0. The number of fused-ring (bicyclic) bond motifs is 1. The second kappa shape index (κ2) is 8.90. The van der Waals surface area contributed by atoms with E-state index in [0.717, 1.165) is 34.9 Å². The SMILES string of the molecule is Cc1ccc(C(=O)NC2CC2)cc1-c1nc(OCc2nccc3ccccc23)ncc1C(N)=O. The average Bonchev–Trinajstić information content (AvgIpc) is 3.66. The predicted octanol–water partition coefficient (Wildman–Crippen LogP) is 3.57. The van der Waals surface area contributed by atoms with Crippen LogP contribution >= 0.6 is 0 Å². The third-order valence-corrected chi connectivity index (χ3v) is 5.79. The first-order chi connectivity index (χ1) is 16.5. The molecule has 0 radical (unpaired) electrons. The van der Waals surface area contributed by atoms with Crippen LogP contribution in [0.4, 0.5) is 0 Å². The second-order valence-electron chi connectivity index (χ2n) is 8.32. The number of carbonyl (C=O) groups is 2. The molecule has 170 valence electrons. The van der Waals surface area contributed by atoms with Gasteiger partial charge in [-0.05, 0) is 48.9 Å². The number of pyridine rings is 1. The van der Waals surface area contributed by atoms with Crippen LogP contribution < -0.4 is 15.8 Å². The molecule has 8 heteroatoms. The van der Waals surface area contributed by atoms with Gasteiger partial charge in [0.05, 0.1) is 17.0 Å². The van der Waals surface area contributed by atoms with Gasteiger partial charge in [0.25, 0.3) is 11.8 Å². The van der Waals surface area contributed by atoms with Crippen molar-refractivity contribution in [1.82, 2.24) is 20.3 Å². The molecule has 4 aromatic rings. The van der Waals surface area contributed by atoms with Crippen LogP contribution in [-0.2, 0) is 6.61 Å². The van der Waals surface area contributed by atoms with Crippen molar-refractivity contribution >= 4 is 22.6 Å². The van der Waals surface area contributed by atoms with E-state index >= 15 is 0 Å². The van der Waals surface area contributed by atoms with Gasteiger partial charge in [-0.2, -0.15) is 4.98 Å². The molecule has 0 bridgehead atoms. The number of nitrogens with zero attached hydrogens (tertiary/aromatic N) is 3. The Kier molecular flexibility index (Phi) is 5.63. The number of ether oxygens (including phenoxy) is 1. The molecule has 1 aliphatic carbocycles. The highest BCUT2D eigenvalue weighted by molar-refractivity contribution is 6.00. The number of hydrogen-bond acceptors (Lipinski definition) is 6. The average molecular weight is 454 g/mol. The first-order valence-corrected chi connectivity index (χ1v) is 11.0. The highest BCUT2D eigenvalue weighted by Gasteiger charge is 2.24. The van der Waals surface area contributed by atoms with E-state index in [1.807, 2.05) is 43.3 Å². The molecule has 5 rings (SSSR count). The first kappa shape index (κ1) is 21.5. The van der Waals surface area contributed by atoms with E-state index in [0.29, 0.717) is 16.8 Å². The van der Waals surface area contributed by atoms with Crippen molar-refractivity contribution in [3.63, 3.8) is 0 Å². The summed E-state index contributed by atoms with van der Waals surface area (Å²) in [5.41, 5.74) is 8.77. The lowest BCUT2D eigenvalue weighted by atomic mass is 9.98. The van der Waals surface area contributed by atoms with Crippen LogP contribution in [0.1, 0.15) is 44.8 Å². The molecule has 0 atom stereocenters. The van der Waals surface area contributed by atoms with Crippen molar-refractivity contribution < 1.29 is 14.3 Å². The smallest absolute Gasteiger partial charge is 0.317 e. The first-order valence-electron chi connectivity index (χ1n) is 11.0. The zero-order valence-corrected chi connectivity index (χ0v) is 18.6. The second-order valence-corrected chi connectivity index (χ2v) is 8.32. The van der Waals surface area contributed by atoms with Gasteiger partial charge in [-0.15, -0.1) is 0 Å². The number of aryl methyl sites for hydroxylation is 1. The number of primary amides is 1. The molecule has 8 nitrogen and oxygen atoms in total. The third kappa shape index (κ3) is 4.43. The molecular formula is C26H23N5O3. The van der Waals surface area contributed by atoms with E-state index in [1.165, 1.54) is 6.20 Å². The quantitative estimate of drug-likeness (QED) is 0.441. The van der Waals surface area contributed by atoms with Gasteiger partial charge in [0.15, 0.2) is 0 Å². The lowest BCUT2D eigenvalue weighted by Crippen LogP contribution is -2.25. The van der Waals surface area contributed by atoms with E-state index in [-0.39, 0.29) is 30.1 Å². The maximum Gasteiger partial charge on any atom is 0.317 e. The molecule has 34 heavy (non-hydrogen) atoms. The molecule has 2 aromatic carbocycles. The number of carbonyl (C=O) groups excluding carboxylic acids is 2. The van der Waals surface area contributed by atoms with Gasteiger partial charge in [0, 0.05) is 34.9 Å². The molecule has 3 N–H and O–H groups in total. The summed E-state index contributed by atoms with van der Waals surface area (Å²) >= 11 is 0. The van der Waals surface area contributed by atoms with Crippen molar-refractivity contribution in [3.05, 3.63) is 83.3 Å². The molecule has 0 unspecified atom stereocenters. The van der Waals surface area contributed by atoms with E-state index in [2.05, 4.69) is 20.3 Å². The Morgan fingerprint density at radius 2 is 1.94 bits per heavy atom. The van der Waals surface area contributed by atoms with Crippen LogP contribution in [-0.4, -0.2) is 32.8 Å². The van der Waals surface area contributed by atoms with Crippen LogP contribution in [0.15, 0.2) is 60.9 Å². The molecule has 0 spiro atoms. The van der Waals surface area contributed by atoms with E-state index in [9.17, 15) is 9.59 Å². The van der Waals surface area contributed by atoms with Gasteiger partial charge < -0.3 is 15.8 Å². The molecular weight excluding hydrogens is 430 g/mol. The van der Waals surface area contributed by atoms with Crippen LogP contribution in [0.2, 0.25) is 0 Å². The van der Waals surface area contributed by atoms with E-state index in [4.69, 9.17) is 10.5 Å². The normalized spacial score (nSPS) is 13.0. The molecule has 2 aromatic heterocycles. The standard InChI is InChI=1S/C26H23N5O3/c1-15-6-7-17(25(33)30-18-8-9-18)12-20(15)23-21(24(27)32)13-29-26(31-23)34-14-22-19-5-3-2-4-16(19)10-11-28-22/h2-7,10-13,18H,8-9,14H2,1H3,(H2,27,32)(H,30,33). The summed E-state index contributed by atoms with van der Waals surface area (Å²) in [6.45, 7) is 2.03. The highest BCUT2D eigenvalue weighted by atomic mass is 16.5. The fraction of sp³-hybridized carbons (Fsp3) is 0.192. The fourth-order valence-electron chi connectivity index (χ4n) is 3.77. The molecule has 0 saturated heterocycles. The van der Waals surface area contributed by atoms with Gasteiger partial charge in [0.2, 0.25) is 0 Å². The fourth-order valence-corrected chi connectivity index (χ4v) is 3.77. The molecule has 1 aliphatic rings. The number of rotatable bonds is 7. The minimum Gasteiger partial charge on any atom is -0.457 e. The van der Waals surface area contributed by atoms with Crippen molar-refractivity contribution in [2.45, 2.75) is 32.4 Å². The molecule has 2 heterocycles. The van der Waals surface area contributed by atoms with Crippen LogP contribution in [0.25, 0.3) is 22.0 Å². The van der Waals surface area contributed by atoms with Crippen molar-refractivity contribution in [2.75, 3.05) is 0 Å². The minimum absolute atomic E-state index is 0.0852. The monoisotopic (exact) mass is 453 g/mol. The number of amides is 2. The number of hydrogen-bond donors (Lipinski definition) is 2. The van der Waals surface area contributed by atoms with Crippen LogP contribution in [0.3, 0.4) is 0 Å². The summed E-state index contributed by atoms with van der Waals surface area (Å²) in [5.74, 6) is -0.818. The zero-order valence-electron chi connectivity index (χ0n) is 18.6. The van der Waals surface area contributed by atoms with Crippen molar-refractivity contribution in [2.24, 2.45) is 5.73 Å².